The normalized spacial score (nSPS) is 26.6. The van der Waals surface area contributed by atoms with E-state index in [4.69, 9.17) is 18.9 Å². The molecule has 0 saturated carbocycles. The molecule has 12 unspecified atom stereocenters. The number of unbranched alkanes of at least 4 members (excludes halogenated alkanes) is 8. The van der Waals surface area contributed by atoms with Gasteiger partial charge in [0, 0.05) is 6.42 Å². The van der Waals surface area contributed by atoms with E-state index in [0.29, 0.717) is 12.8 Å². The molecule has 0 spiro atoms. The molecule has 0 aromatic carbocycles. The quantitative estimate of drug-likeness (QED) is 0.0211. The minimum atomic E-state index is -1.80. The van der Waals surface area contributed by atoms with Gasteiger partial charge in [-0.2, -0.15) is 0 Å². The van der Waals surface area contributed by atoms with Crippen molar-refractivity contribution in [2.45, 2.75) is 216 Å². The summed E-state index contributed by atoms with van der Waals surface area (Å²) in [4.78, 5) is 13.1. The molecule has 1 amide bonds. The highest BCUT2D eigenvalue weighted by Gasteiger charge is 2.51. The number of aliphatic hydroxyl groups excluding tert-OH is 8. The van der Waals surface area contributed by atoms with E-state index in [2.05, 4.69) is 122 Å². The van der Waals surface area contributed by atoms with E-state index < -0.39 is 86.8 Å². The largest absolute Gasteiger partial charge is 0.394 e. The van der Waals surface area contributed by atoms with Crippen molar-refractivity contribution in [1.82, 2.24) is 5.32 Å². The Morgan fingerprint density at radius 1 is 0.514 bits per heavy atom. The van der Waals surface area contributed by atoms with E-state index in [-0.39, 0.29) is 18.9 Å². The van der Waals surface area contributed by atoms with Gasteiger partial charge < -0.3 is 65.1 Å². The van der Waals surface area contributed by atoms with Gasteiger partial charge in [0.2, 0.25) is 5.91 Å². The third-order valence-electron chi connectivity index (χ3n) is 12.2. The van der Waals surface area contributed by atoms with E-state index in [0.717, 1.165) is 83.5 Å². The molecule has 408 valence electrons. The molecule has 2 aliphatic heterocycles. The first-order valence-corrected chi connectivity index (χ1v) is 26.8. The standard InChI is InChI=1S/C58H93NO13/c1-3-5-7-9-11-13-14-15-16-17-18-19-20-21-22-23-24-25-26-27-28-29-30-31-32-34-36-38-40-42-50(63)59-46(47(62)41-39-37-35-33-12-10-8-6-4-2)45-69-57-55(68)53(66)56(49(44-61)71-57)72-58-54(67)52(65)51(64)48(43-60)70-58/h5,7,11,13,15-16,18-19,21-22,24-25,27-28,30-31,34,36,39,41,46-49,51-58,60-62,64-68H,3-4,6,8-10,12,14,17,20,23,26,29,32-33,35,37-38,40,42-45H2,1-2H3,(H,59,63)/b7-5-,13-11-,16-15-,19-18-,22-21-,25-24-,28-27-,31-30-,36-34-,41-39+. The van der Waals surface area contributed by atoms with Crippen LogP contribution in [0.15, 0.2) is 122 Å². The van der Waals surface area contributed by atoms with Gasteiger partial charge >= 0.3 is 0 Å². The summed E-state index contributed by atoms with van der Waals surface area (Å²) in [7, 11) is 0. The lowest BCUT2D eigenvalue weighted by Crippen LogP contribution is -2.65. The number of allylic oxidation sites excluding steroid dienone is 19. The zero-order chi connectivity index (χ0) is 52.4. The lowest BCUT2D eigenvalue weighted by Gasteiger charge is -2.46. The van der Waals surface area contributed by atoms with Gasteiger partial charge in [-0.1, -0.05) is 174 Å². The summed E-state index contributed by atoms with van der Waals surface area (Å²) in [6, 6.07) is -0.952. The van der Waals surface area contributed by atoms with Gasteiger partial charge in [-0.15, -0.1) is 0 Å². The van der Waals surface area contributed by atoms with Gasteiger partial charge in [-0.3, -0.25) is 4.79 Å². The molecule has 0 radical (unpaired) electrons. The number of hydrogen-bond donors (Lipinski definition) is 9. The van der Waals surface area contributed by atoms with Crippen molar-refractivity contribution in [3.05, 3.63) is 122 Å². The third-order valence-corrected chi connectivity index (χ3v) is 12.2. The highest BCUT2D eigenvalue weighted by atomic mass is 16.7. The summed E-state index contributed by atoms with van der Waals surface area (Å²) in [5, 5.41) is 86.6. The number of nitrogens with one attached hydrogen (secondary N) is 1. The Morgan fingerprint density at radius 3 is 1.46 bits per heavy atom. The lowest BCUT2D eigenvalue weighted by molar-refractivity contribution is -0.359. The van der Waals surface area contributed by atoms with Crippen molar-refractivity contribution < 1.29 is 64.6 Å². The average molecular weight is 1010 g/mol. The SMILES string of the molecule is CC/C=C\C/C=C\C/C=C\C/C=C\C/C=C\C/C=C\C/C=C\C/C=C\C/C=C\CCCC(=O)NC(COC1OC(CO)C(OC2OC(CO)C(O)C(O)C2O)C(O)C1O)C(O)/C=C/CCCCCCCCC. The zero-order valence-corrected chi connectivity index (χ0v) is 43.4. The Bertz CT molecular complexity index is 1670. The van der Waals surface area contributed by atoms with Gasteiger partial charge in [0.05, 0.1) is 32.0 Å². The van der Waals surface area contributed by atoms with Crippen molar-refractivity contribution in [3.63, 3.8) is 0 Å². The molecular weight excluding hydrogens is 919 g/mol. The zero-order valence-electron chi connectivity index (χ0n) is 43.4. The molecule has 0 aromatic rings. The van der Waals surface area contributed by atoms with Crippen LogP contribution in [0.2, 0.25) is 0 Å². The van der Waals surface area contributed by atoms with Crippen LogP contribution >= 0.6 is 0 Å². The van der Waals surface area contributed by atoms with Crippen LogP contribution in [0.25, 0.3) is 0 Å². The van der Waals surface area contributed by atoms with Gasteiger partial charge in [0.25, 0.3) is 0 Å². The minimum absolute atomic E-state index is 0.192. The summed E-state index contributed by atoms with van der Waals surface area (Å²) >= 11 is 0. The Morgan fingerprint density at radius 2 is 0.958 bits per heavy atom. The first-order valence-electron chi connectivity index (χ1n) is 26.8. The third kappa shape index (κ3) is 28.7. The predicted molar refractivity (Wildman–Crippen MR) is 285 cm³/mol. The van der Waals surface area contributed by atoms with Gasteiger partial charge in [0.1, 0.15) is 48.8 Å². The fourth-order valence-corrected chi connectivity index (χ4v) is 7.82. The summed E-state index contributed by atoms with van der Waals surface area (Å²) < 4.78 is 22.6. The van der Waals surface area contributed by atoms with Crippen LogP contribution in [0.1, 0.15) is 142 Å². The second-order valence-corrected chi connectivity index (χ2v) is 18.3. The van der Waals surface area contributed by atoms with Crippen LogP contribution in [0.3, 0.4) is 0 Å². The molecule has 9 N–H and O–H groups in total. The van der Waals surface area contributed by atoms with Crippen LogP contribution in [0, 0.1) is 0 Å². The molecular formula is C58H93NO13. The van der Waals surface area contributed by atoms with E-state index in [9.17, 15) is 45.6 Å². The Labute approximate surface area is 431 Å². The number of aliphatic hydroxyl groups is 8. The van der Waals surface area contributed by atoms with Crippen molar-refractivity contribution in [1.29, 1.82) is 0 Å². The maximum Gasteiger partial charge on any atom is 0.220 e. The highest BCUT2D eigenvalue weighted by Crippen LogP contribution is 2.30. The fourth-order valence-electron chi connectivity index (χ4n) is 7.82. The molecule has 12 atom stereocenters. The first kappa shape index (κ1) is 64.5. The first-order chi connectivity index (χ1) is 35.1. The molecule has 2 rings (SSSR count). The highest BCUT2D eigenvalue weighted by molar-refractivity contribution is 5.76. The smallest absolute Gasteiger partial charge is 0.220 e. The molecule has 2 aliphatic rings. The molecule has 72 heavy (non-hydrogen) atoms. The van der Waals surface area contributed by atoms with Crippen LogP contribution in [-0.2, 0) is 23.7 Å². The average Bonchev–Trinajstić information content (AvgIpc) is 3.38. The van der Waals surface area contributed by atoms with Gasteiger partial charge in [-0.25, -0.2) is 0 Å². The molecule has 2 fully saturated rings. The van der Waals surface area contributed by atoms with E-state index in [1.54, 1.807) is 6.08 Å². The Kier molecular flexibility index (Phi) is 38.3. The number of carbonyl (C=O) groups is 1. The van der Waals surface area contributed by atoms with Crippen LogP contribution in [0.5, 0.6) is 0 Å². The second-order valence-electron chi connectivity index (χ2n) is 18.3. The number of carbonyl (C=O) groups excluding carboxylic acids is 1. The van der Waals surface area contributed by atoms with Crippen molar-refractivity contribution >= 4 is 5.91 Å². The second kappa shape index (κ2) is 42.7. The topological polar surface area (TPSA) is 228 Å². The summed E-state index contributed by atoms with van der Waals surface area (Å²) in [5.74, 6) is -0.307. The fraction of sp³-hybridized carbons (Fsp3) is 0.638. The minimum Gasteiger partial charge on any atom is -0.394 e. The van der Waals surface area contributed by atoms with Crippen molar-refractivity contribution in [2.75, 3.05) is 19.8 Å². The number of amides is 1. The van der Waals surface area contributed by atoms with Crippen LogP contribution in [-0.4, -0.2) is 140 Å². The molecule has 14 nitrogen and oxygen atoms in total. The molecule has 2 saturated heterocycles. The van der Waals surface area contributed by atoms with Crippen LogP contribution in [0.4, 0.5) is 0 Å². The van der Waals surface area contributed by atoms with Gasteiger partial charge in [-0.05, 0) is 83.5 Å². The van der Waals surface area contributed by atoms with Crippen LogP contribution < -0.4 is 5.32 Å². The number of rotatable bonds is 39. The summed E-state index contributed by atoms with van der Waals surface area (Å²) in [6.07, 6.45) is 44.1. The molecule has 0 bridgehead atoms. The molecule has 0 aliphatic carbocycles. The Hall–Kier alpha value is -3.61. The maximum absolute atomic E-state index is 13.1. The Balaban J connectivity index is 1.76. The number of hydrogen-bond acceptors (Lipinski definition) is 13. The lowest BCUT2D eigenvalue weighted by atomic mass is 9.97. The van der Waals surface area contributed by atoms with Crippen molar-refractivity contribution in [3.8, 4) is 0 Å². The van der Waals surface area contributed by atoms with Gasteiger partial charge in [0.15, 0.2) is 12.6 Å². The van der Waals surface area contributed by atoms with E-state index in [1.807, 2.05) is 12.2 Å². The molecule has 14 heteroatoms. The molecule has 2 heterocycles. The predicted octanol–water partition coefficient (Wildman–Crippen LogP) is 7.88. The maximum atomic E-state index is 13.1. The number of ether oxygens (including phenoxy) is 4. The summed E-state index contributed by atoms with van der Waals surface area (Å²) in [6.45, 7) is 2.56. The van der Waals surface area contributed by atoms with E-state index >= 15 is 0 Å². The van der Waals surface area contributed by atoms with Crippen molar-refractivity contribution in [2.24, 2.45) is 0 Å². The van der Waals surface area contributed by atoms with E-state index in [1.165, 1.54) is 25.7 Å². The monoisotopic (exact) mass is 1010 g/mol. The summed E-state index contributed by atoms with van der Waals surface area (Å²) in [5.41, 5.74) is 0. The molecule has 0 aromatic heterocycles.